The molecule has 0 bridgehead atoms. The molecule has 0 saturated carbocycles. The molecule has 0 aliphatic carbocycles. The summed E-state index contributed by atoms with van der Waals surface area (Å²) in [6.07, 6.45) is 2.25. The van der Waals surface area contributed by atoms with Gasteiger partial charge in [-0.15, -0.1) is 0 Å². The Bertz CT molecular complexity index is 802. The zero-order chi connectivity index (χ0) is 16.8. The maximum Gasteiger partial charge on any atom is 0.249 e. The number of sulfonamides is 1. The van der Waals surface area contributed by atoms with Gasteiger partial charge in [-0.05, 0) is 33.6 Å². The van der Waals surface area contributed by atoms with Gasteiger partial charge >= 0.3 is 0 Å². The standard InChI is InChI=1S/C15H21N3O4S/c1-5-13-14(9(2)16-22-13)12-7-6-8-18(12)23(19,20)15-10(3)17-21-11(15)4/h12H,5-8H2,1-4H3/t12-/m0/s1. The van der Waals surface area contributed by atoms with Crippen LogP contribution in [0, 0.1) is 20.8 Å². The fourth-order valence-electron chi connectivity index (χ4n) is 3.38. The van der Waals surface area contributed by atoms with Gasteiger partial charge in [0.1, 0.15) is 16.3 Å². The molecular weight excluding hydrogens is 318 g/mol. The molecule has 0 radical (unpaired) electrons. The summed E-state index contributed by atoms with van der Waals surface area (Å²) in [5, 5.41) is 7.80. The molecule has 0 N–H and O–H groups in total. The van der Waals surface area contributed by atoms with E-state index >= 15 is 0 Å². The van der Waals surface area contributed by atoms with Crippen molar-refractivity contribution in [2.45, 2.75) is 57.9 Å². The highest BCUT2D eigenvalue weighted by molar-refractivity contribution is 7.89. The first-order valence-electron chi connectivity index (χ1n) is 7.77. The summed E-state index contributed by atoms with van der Waals surface area (Å²) in [5.41, 5.74) is 2.05. The highest BCUT2D eigenvalue weighted by Gasteiger charge is 2.41. The summed E-state index contributed by atoms with van der Waals surface area (Å²) in [7, 11) is -3.67. The van der Waals surface area contributed by atoms with Crippen LogP contribution in [-0.4, -0.2) is 29.6 Å². The largest absolute Gasteiger partial charge is 0.361 e. The molecule has 0 amide bonds. The van der Waals surface area contributed by atoms with Crippen LogP contribution < -0.4 is 0 Å². The molecule has 1 fully saturated rings. The SMILES string of the molecule is CCc1onc(C)c1[C@@H]1CCCN1S(=O)(=O)c1c(C)noc1C. The molecule has 3 rings (SSSR count). The fourth-order valence-corrected chi connectivity index (χ4v) is 5.34. The van der Waals surface area contributed by atoms with E-state index in [0.29, 0.717) is 24.4 Å². The molecule has 126 valence electrons. The van der Waals surface area contributed by atoms with Gasteiger partial charge in [0, 0.05) is 18.5 Å². The lowest BCUT2D eigenvalue weighted by Gasteiger charge is -2.24. The van der Waals surface area contributed by atoms with Gasteiger partial charge in [-0.25, -0.2) is 8.42 Å². The molecule has 0 unspecified atom stereocenters. The summed E-state index contributed by atoms with van der Waals surface area (Å²) in [6, 6.07) is -0.241. The van der Waals surface area contributed by atoms with Crippen LogP contribution in [0.4, 0.5) is 0 Å². The van der Waals surface area contributed by atoms with E-state index in [4.69, 9.17) is 9.05 Å². The Hall–Kier alpha value is -1.67. The second kappa shape index (κ2) is 5.76. The Balaban J connectivity index is 2.07. The van der Waals surface area contributed by atoms with Crippen molar-refractivity contribution < 1.29 is 17.5 Å². The van der Waals surface area contributed by atoms with Gasteiger partial charge in [0.25, 0.3) is 0 Å². The van der Waals surface area contributed by atoms with Crippen molar-refractivity contribution in [2.75, 3.05) is 6.54 Å². The van der Waals surface area contributed by atoms with Gasteiger partial charge in [0.2, 0.25) is 10.0 Å². The van der Waals surface area contributed by atoms with Gasteiger partial charge in [-0.3, -0.25) is 0 Å². The fraction of sp³-hybridized carbons (Fsp3) is 0.600. The van der Waals surface area contributed by atoms with Crippen LogP contribution in [0.2, 0.25) is 0 Å². The average molecular weight is 339 g/mol. The van der Waals surface area contributed by atoms with Crippen LogP contribution in [0.1, 0.15) is 54.3 Å². The first kappa shape index (κ1) is 16.2. The number of aryl methyl sites for hydroxylation is 4. The molecule has 23 heavy (non-hydrogen) atoms. The predicted octanol–water partition coefficient (Wildman–Crippen LogP) is 2.68. The van der Waals surface area contributed by atoms with Crippen molar-refractivity contribution in [3.8, 4) is 0 Å². The van der Waals surface area contributed by atoms with Crippen LogP contribution >= 0.6 is 0 Å². The summed E-state index contributed by atoms with van der Waals surface area (Å²) >= 11 is 0. The number of hydrogen-bond acceptors (Lipinski definition) is 6. The van der Waals surface area contributed by atoms with Crippen molar-refractivity contribution in [1.29, 1.82) is 0 Å². The van der Waals surface area contributed by atoms with Crippen LogP contribution in [0.3, 0.4) is 0 Å². The number of hydrogen-bond donors (Lipinski definition) is 0. The zero-order valence-electron chi connectivity index (χ0n) is 13.8. The van der Waals surface area contributed by atoms with E-state index in [1.807, 2.05) is 13.8 Å². The normalized spacial score (nSPS) is 19.6. The first-order chi connectivity index (χ1) is 10.9. The molecule has 3 heterocycles. The molecule has 0 spiro atoms. The molecule has 1 atom stereocenters. The van der Waals surface area contributed by atoms with E-state index in [-0.39, 0.29) is 10.9 Å². The van der Waals surface area contributed by atoms with Crippen LogP contribution in [-0.2, 0) is 16.4 Å². The molecule has 2 aromatic heterocycles. The van der Waals surface area contributed by atoms with Crippen molar-refractivity contribution in [1.82, 2.24) is 14.6 Å². The minimum Gasteiger partial charge on any atom is -0.361 e. The average Bonchev–Trinajstić information content (AvgIpc) is 3.17. The summed E-state index contributed by atoms with van der Waals surface area (Å²) < 4.78 is 38.2. The third-order valence-electron chi connectivity index (χ3n) is 4.38. The maximum atomic E-state index is 13.1. The van der Waals surface area contributed by atoms with Gasteiger partial charge in [0.15, 0.2) is 5.76 Å². The Morgan fingerprint density at radius 2 is 1.87 bits per heavy atom. The van der Waals surface area contributed by atoms with E-state index in [1.165, 1.54) is 4.31 Å². The third kappa shape index (κ3) is 2.49. The van der Waals surface area contributed by atoms with Gasteiger partial charge in [0.05, 0.1) is 11.7 Å². The Labute approximate surface area is 135 Å². The number of nitrogens with zero attached hydrogens (tertiary/aromatic N) is 3. The van der Waals surface area contributed by atoms with E-state index in [1.54, 1.807) is 13.8 Å². The van der Waals surface area contributed by atoms with Gasteiger partial charge < -0.3 is 9.05 Å². The minimum absolute atomic E-state index is 0.177. The highest BCUT2D eigenvalue weighted by atomic mass is 32.2. The molecule has 8 heteroatoms. The van der Waals surface area contributed by atoms with E-state index < -0.39 is 10.0 Å². The van der Waals surface area contributed by atoms with Crippen molar-refractivity contribution >= 4 is 10.0 Å². The van der Waals surface area contributed by atoms with Crippen LogP contribution in [0.15, 0.2) is 13.9 Å². The zero-order valence-corrected chi connectivity index (χ0v) is 14.6. The van der Waals surface area contributed by atoms with Gasteiger partial charge in [-0.2, -0.15) is 4.31 Å². The summed E-state index contributed by atoms with van der Waals surface area (Å²) in [5.74, 6) is 1.08. The second-order valence-electron chi connectivity index (χ2n) is 5.89. The van der Waals surface area contributed by atoms with Crippen LogP contribution in [0.5, 0.6) is 0 Å². The summed E-state index contributed by atoms with van der Waals surface area (Å²) in [4.78, 5) is 0.177. The first-order valence-corrected chi connectivity index (χ1v) is 9.21. The van der Waals surface area contributed by atoms with Crippen molar-refractivity contribution in [3.05, 3.63) is 28.5 Å². The monoisotopic (exact) mass is 339 g/mol. The quantitative estimate of drug-likeness (QED) is 0.851. The molecule has 7 nitrogen and oxygen atoms in total. The highest BCUT2D eigenvalue weighted by Crippen LogP contribution is 2.40. The number of aromatic nitrogens is 2. The maximum absolute atomic E-state index is 13.1. The molecule has 1 aliphatic rings. The molecule has 1 aliphatic heterocycles. The smallest absolute Gasteiger partial charge is 0.249 e. The van der Waals surface area contributed by atoms with E-state index in [9.17, 15) is 8.42 Å². The molecule has 1 saturated heterocycles. The Kier molecular flexibility index (Phi) is 4.05. The number of rotatable bonds is 4. The van der Waals surface area contributed by atoms with E-state index in [0.717, 1.165) is 29.9 Å². The minimum atomic E-state index is -3.67. The molecule has 2 aromatic rings. The second-order valence-corrected chi connectivity index (χ2v) is 7.71. The van der Waals surface area contributed by atoms with Crippen molar-refractivity contribution in [3.63, 3.8) is 0 Å². The van der Waals surface area contributed by atoms with Crippen LogP contribution in [0.25, 0.3) is 0 Å². The predicted molar refractivity (Wildman–Crippen MR) is 82.5 cm³/mol. The Morgan fingerprint density at radius 3 is 2.48 bits per heavy atom. The van der Waals surface area contributed by atoms with Crippen molar-refractivity contribution in [2.24, 2.45) is 0 Å². The molecule has 0 aromatic carbocycles. The lowest BCUT2D eigenvalue weighted by molar-refractivity contribution is 0.366. The molecular formula is C15H21N3O4S. The van der Waals surface area contributed by atoms with E-state index in [2.05, 4.69) is 10.3 Å². The Morgan fingerprint density at radius 1 is 1.17 bits per heavy atom. The lowest BCUT2D eigenvalue weighted by atomic mass is 10.0. The van der Waals surface area contributed by atoms with Gasteiger partial charge in [-0.1, -0.05) is 17.2 Å². The lowest BCUT2D eigenvalue weighted by Crippen LogP contribution is -2.31. The third-order valence-corrected chi connectivity index (χ3v) is 6.53. The topological polar surface area (TPSA) is 89.4 Å². The summed E-state index contributed by atoms with van der Waals surface area (Å²) in [6.45, 7) is 7.59.